The SMILES string of the molecule is CC(C)(C)OC(=O)NNC(=O)CCOCCOCCOCCOCC(N)C(=O)OCc1ccccc1. The first-order valence-electron chi connectivity index (χ1n) is 11.7. The van der Waals surface area contributed by atoms with E-state index in [1.165, 1.54) is 0 Å². The van der Waals surface area contributed by atoms with E-state index in [2.05, 4.69) is 10.9 Å². The van der Waals surface area contributed by atoms with Crippen LogP contribution in [0.15, 0.2) is 30.3 Å². The van der Waals surface area contributed by atoms with Gasteiger partial charge in [-0.25, -0.2) is 10.2 Å². The van der Waals surface area contributed by atoms with E-state index in [1.807, 2.05) is 30.3 Å². The molecule has 1 aromatic rings. The molecular formula is C24H39N3O9. The van der Waals surface area contributed by atoms with E-state index < -0.39 is 29.6 Å². The molecule has 0 saturated heterocycles. The molecule has 0 aliphatic rings. The normalized spacial score (nSPS) is 12.0. The molecule has 0 aromatic heterocycles. The highest BCUT2D eigenvalue weighted by molar-refractivity contribution is 5.79. The van der Waals surface area contributed by atoms with Crippen LogP contribution in [-0.2, 0) is 44.6 Å². The fraction of sp³-hybridized carbons (Fsp3) is 0.625. The van der Waals surface area contributed by atoms with Gasteiger partial charge in [-0.2, -0.15) is 0 Å². The number of benzene rings is 1. The molecule has 0 aliphatic heterocycles. The zero-order valence-corrected chi connectivity index (χ0v) is 21.3. The maximum atomic E-state index is 11.9. The lowest BCUT2D eigenvalue weighted by atomic mass is 10.2. The number of hydrogen-bond donors (Lipinski definition) is 3. The summed E-state index contributed by atoms with van der Waals surface area (Å²) < 4.78 is 31.5. The van der Waals surface area contributed by atoms with Gasteiger partial charge in [0.1, 0.15) is 18.2 Å². The number of nitrogens with one attached hydrogen (secondary N) is 2. The van der Waals surface area contributed by atoms with Gasteiger partial charge < -0.3 is 34.2 Å². The van der Waals surface area contributed by atoms with E-state index in [1.54, 1.807) is 20.8 Å². The second-order valence-electron chi connectivity index (χ2n) is 8.54. The summed E-state index contributed by atoms with van der Waals surface area (Å²) >= 11 is 0. The van der Waals surface area contributed by atoms with Crippen molar-refractivity contribution < 1.29 is 42.8 Å². The summed E-state index contributed by atoms with van der Waals surface area (Å²) in [5, 5.41) is 0. The topological polar surface area (TPSA) is 157 Å². The minimum Gasteiger partial charge on any atom is -0.460 e. The summed E-state index contributed by atoms with van der Waals surface area (Å²) in [5.41, 5.74) is 10.4. The lowest BCUT2D eigenvalue weighted by Crippen LogP contribution is -2.44. The Kier molecular flexibility index (Phi) is 16.1. The molecule has 1 unspecified atom stereocenters. The van der Waals surface area contributed by atoms with Crippen LogP contribution in [0.3, 0.4) is 0 Å². The number of amides is 2. The van der Waals surface area contributed by atoms with Crippen LogP contribution >= 0.6 is 0 Å². The second-order valence-corrected chi connectivity index (χ2v) is 8.54. The van der Waals surface area contributed by atoms with Crippen molar-refractivity contribution in [1.29, 1.82) is 0 Å². The van der Waals surface area contributed by atoms with E-state index in [-0.39, 0.29) is 32.8 Å². The first kappa shape index (κ1) is 31.3. The molecule has 1 rings (SSSR count). The quantitative estimate of drug-likeness (QED) is 0.156. The first-order valence-corrected chi connectivity index (χ1v) is 11.7. The molecule has 12 heteroatoms. The predicted octanol–water partition coefficient (Wildman–Crippen LogP) is 1.07. The Morgan fingerprint density at radius 3 is 1.97 bits per heavy atom. The van der Waals surface area contributed by atoms with Crippen molar-refractivity contribution in [3.63, 3.8) is 0 Å². The third-order valence-electron chi connectivity index (χ3n) is 4.12. The summed E-state index contributed by atoms with van der Waals surface area (Å²) in [5.74, 6) is -0.920. The van der Waals surface area contributed by atoms with Crippen LogP contribution in [0.1, 0.15) is 32.8 Å². The monoisotopic (exact) mass is 513 g/mol. The van der Waals surface area contributed by atoms with Crippen LogP contribution in [0.4, 0.5) is 4.79 Å². The molecule has 0 fully saturated rings. The van der Waals surface area contributed by atoms with Crippen molar-refractivity contribution in [2.45, 2.75) is 45.4 Å². The highest BCUT2D eigenvalue weighted by Crippen LogP contribution is 2.06. The standard InChI is InChI=1S/C24H39N3O9/c1-24(2,3)36-23(30)27-26-21(28)9-10-31-11-12-32-13-14-33-15-16-34-18-20(25)22(29)35-17-19-7-5-4-6-8-19/h4-8,20H,9-18,25H2,1-3H3,(H,26,28)(H,27,30). The maximum Gasteiger partial charge on any atom is 0.426 e. The number of hydrazine groups is 1. The fourth-order valence-electron chi connectivity index (χ4n) is 2.43. The smallest absolute Gasteiger partial charge is 0.426 e. The summed E-state index contributed by atoms with van der Waals surface area (Å²) in [7, 11) is 0. The van der Waals surface area contributed by atoms with E-state index in [0.29, 0.717) is 33.0 Å². The minimum atomic E-state index is -0.857. The molecule has 0 heterocycles. The van der Waals surface area contributed by atoms with Gasteiger partial charge in [0.15, 0.2) is 0 Å². The molecule has 0 radical (unpaired) electrons. The molecule has 12 nitrogen and oxygen atoms in total. The minimum absolute atomic E-state index is 0.0416. The van der Waals surface area contributed by atoms with Gasteiger partial charge in [-0.1, -0.05) is 30.3 Å². The Labute approximate surface area is 212 Å². The van der Waals surface area contributed by atoms with Crippen molar-refractivity contribution in [3.8, 4) is 0 Å². The molecule has 0 spiro atoms. The Morgan fingerprint density at radius 1 is 0.833 bits per heavy atom. The number of ether oxygens (including phenoxy) is 6. The van der Waals surface area contributed by atoms with Gasteiger partial charge in [0.2, 0.25) is 5.91 Å². The van der Waals surface area contributed by atoms with Gasteiger partial charge in [0.25, 0.3) is 0 Å². The van der Waals surface area contributed by atoms with Gasteiger partial charge in [-0.3, -0.25) is 15.0 Å². The number of nitrogens with two attached hydrogens (primary N) is 1. The lowest BCUT2D eigenvalue weighted by Gasteiger charge is -2.19. The molecule has 2 amide bonds. The molecule has 0 saturated carbocycles. The third kappa shape index (κ3) is 17.6. The van der Waals surface area contributed by atoms with Crippen LogP contribution in [-0.4, -0.2) is 82.5 Å². The van der Waals surface area contributed by atoms with Gasteiger partial charge in [0, 0.05) is 0 Å². The molecule has 36 heavy (non-hydrogen) atoms. The average Bonchev–Trinajstić information content (AvgIpc) is 2.83. The van der Waals surface area contributed by atoms with Crippen molar-refractivity contribution in [2.75, 3.05) is 52.9 Å². The van der Waals surface area contributed by atoms with Crippen LogP contribution < -0.4 is 16.6 Å². The Bertz CT molecular complexity index is 757. The largest absolute Gasteiger partial charge is 0.460 e. The first-order chi connectivity index (χ1) is 17.2. The van der Waals surface area contributed by atoms with Crippen molar-refractivity contribution >= 4 is 18.0 Å². The lowest BCUT2D eigenvalue weighted by molar-refractivity contribution is -0.148. The van der Waals surface area contributed by atoms with E-state index in [4.69, 9.17) is 34.2 Å². The second kappa shape index (κ2) is 18.5. The number of esters is 1. The maximum absolute atomic E-state index is 11.9. The Hall–Kier alpha value is -2.77. The van der Waals surface area contributed by atoms with Gasteiger partial charge >= 0.3 is 12.1 Å². The molecule has 4 N–H and O–H groups in total. The zero-order valence-electron chi connectivity index (χ0n) is 21.3. The Morgan fingerprint density at radius 2 is 1.39 bits per heavy atom. The summed E-state index contributed by atoms with van der Waals surface area (Å²) in [6.45, 7) is 7.57. The van der Waals surface area contributed by atoms with Crippen LogP contribution in [0.5, 0.6) is 0 Å². The number of carbonyl (C=O) groups is 3. The average molecular weight is 514 g/mol. The molecular weight excluding hydrogens is 474 g/mol. The molecule has 0 bridgehead atoms. The van der Waals surface area contributed by atoms with Crippen molar-refractivity contribution in [2.24, 2.45) is 5.73 Å². The number of carbonyl (C=O) groups excluding carboxylic acids is 3. The summed E-state index contributed by atoms with van der Waals surface area (Å²) in [6.07, 6.45) is -0.658. The summed E-state index contributed by atoms with van der Waals surface area (Å²) in [4.78, 5) is 34.9. The van der Waals surface area contributed by atoms with Gasteiger partial charge in [0.05, 0.1) is 59.3 Å². The van der Waals surface area contributed by atoms with Gasteiger partial charge in [-0.15, -0.1) is 0 Å². The number of hydrogen-bond acceptors (Lipinski definition) is 10. The Balaban J connectivity index is 1.86. The van der Waals surface area contributed by atoms with Gasteiger partial charge in [-0.05, 0) is 26.3 Å². The molecule has 1 atom stereocenters. The number of rotatable bonds is 17. The predicted molar refractivity (Wildman–Crippen MR) is 130 cm³/mol. The molecule has 204 valence electrons. The fourth-order valence-corrected chi connectivity index (χ4v) is 2.43. The van der Waals surface area contributed by atoms with Crippen molar-refractivity contribution in [3.05, 3.63) is 35.9 Å². The highest BCUT2D eigenvalue weighted by atomic mass is 16.6. The molecule has 1 aromatic carbocycles. The third-order valence-corrected chi connectivity index (χ3v) is 4.12. The van der Waals surface area contributed by atoms with Crippen molar-refractivity contribution in [1.82, 2.24) is 10.9 Å². The highest BCUT2D eigenvalue weighted by Gasteiger charge is 2.16. The summed E-state index contributed by atoms with van der Waals surface area (Å²) in [6, 6.07) is 8.48. The van der Waals surface area contributed by atoms with E-state index in [0.717, 1.165) is 5.56 Å². The van der Waals surface area contributed by atoms with Crippen LogP contribution in [0.25, 0.3) is 0 Å². The van der Waals surface area contributed by atoms with E-state index in [9.17, 15) is 14.4 Å². The zero-order chi connectivity index (χ0) is 26.7. The van der Waals surface area contributed by atoms with Crippen LogP contribution in [0.2, 0.25) is 0 Å². The van der Waals surface area contributed by atoms with Crippen LogP contribution in [0, 0.1) is 0 Å². The van der Waals surface area contributed by atoms with E-state index >= 15 is 0 Å². The molecule has 0 aliphatic carbocycles.